The Labute approximate surface area is 120 Å². The minimum absolute atomic E-state index is 0.139. The van der Waals surface area contributed by atoms with Gasteiger partial charge in [0.15, 0.2) is 0 Å². The first-order valence-electron chi connectivity index (χ1n) is 6.22. The predicted molar refractivity (Wildman–Crippen MR) is 75.3 cm³/mol. The maximum absolute atomic E-state index is 13.1. The van der Waals surface area contributed by atoms with Crippen LogP contribution >= 0.6 is 0 Å². The first-order valence-corrected chi connectivity index (χ1v) is 6.22. The molecule has 0 aliphatic rings. The fraction of sp³-hybridized carbons (Fsp3) is 0.133. The summed E-state index contributed by atoms with van der Waals surface area (Å²) in [6.45, 7) is 0.222. The van der Waals surface area contributed by atoms with Crippen LogP contribution in [0.1, 0.15) is 15.9 Å². The summed E-state index contributed by atoms with van der Waals surface area (Å²) < 4.78 is 13.1. The summed E-state index contributed by atoms with van der Waals surface area (Å²) in [7, 11) is 1.56. The standard InChI is InChI=1S/C15H13FN2O3/c1-17(10-11-4-2-6-13(16)8-11)15(19)12-5-3-7-14(9-12)18(20)21/h2-9H,10H2,1H3. The van der Waals surface area contributed by atoms with Gasteiger partial charge in [-0.15, -0.1) is 0 Å². The van der Waals surface area contributed by atoms with Crippen LogP contribution in [0.2, 0.25) is 0 Å². The van der Waals surface area contributed by atoms with Crippen molar-refractivity contribution in [2.24, 2.45) is 0 Å². The van der Waals surface area contributed by atoms with E-state index in [1.807, 2.05) is 0 Å². The molecule has 0 spiro atoms. The van der Waals surface area contributed by atoms with Crippen LogP contribution < -0.4 is 0 Å². The number of carbonyl (C=O) groups excluding carboxylic acids is 1. The van der Waals surface area contributed by atoms with Crippen LogP contribution in [0.5, 0.6) is 0 Å². The molecule has 0 N–H and O–H groups in total. The fourth-order valence-electron chi connectivity index (χ4n) is 1.95. The molecule has 0 aliphatic heterocycles. The van der Waals surface area contributed by atoms with Crippen molar-refractivity contribution in [3.8, 4) is 0 Å². The molecule has 2 rings (SSSR count). The number of non-ortho nitro benzene ring substituents is 1. The van der Waals surface area contributed by atoms with E-state index >= 15 is 0 Å². The Balaban J connectivity index is 2.15. The molecule has 0 bridgehead atoms. The van der Waals surface area contributed by atoms with Crippen molar-refractivity contribution in [2.45, 2.75) is 6.54 Å². The number of nitro groups is 1. The van der Waals surface area contributed by atoms with Crippen molar-refractivity contribution in [3.05, 3.63) is 75.6 Å². The zero-order chi connectivity index (χ0) is 15.4. The molecule has 0 atom stereocenters. The summed E-state index contributed by atoms with van der Waals surface area (Å²) in [5.41, 5.74) is 0.736. The molecule has 1 amide bonds. The molecule has 108 valence electrons. The third kappa shape index (κ3) is 3.62. The molecule has 6 heteroatoms. The maximum atomic E-state index is 13.1. The van der Waals surface area contributed by atoms with Gasteiger partial charge < -0.3 is 4.90 Å². The smallest absolute Gasteiger partial charge is 0.270 e. The molecule has 0 aliphatic carbocycles. The Kier molecular flexibility index (Phi) is 4.27. The van der Waals surface area contributed by atoms with E-state index in [1.54, 1.807) is 19.2 Å². The van der Waals surface area contributed by atoms with Gasteiger partial charge >= 0.3 is 0 Å². The quantitative estimate of drug-likeness (QED) is 0.641. The minimum Gasteiger partial charge on any atom is -0.337 e. The van der Waals surface area contributed by atoms with E-state index in [2.05, 4.69) is 0 Å². The average molecular weight is 288 g/mol. The maximum Gasteiger partial charge on any atom is 0.270 e. The Bertz CT molecular complexity index is 688. The SMILES string of the molecule is CN(Cc1cccc(F)c1)C(=O)c1cccc([N+](=O)[O-])c1. The van der Waals surface area contributed by atoms with Gasteiger partial charge in [0.05, 0.1) is 4.92 Å². The van der Waals surface area contributed by atoms with Crippen LogP contribution in [-0.4, -0.2) is 22.8 Å². The molecule has 2 aromatic carbocycles. The van der Waals surface area contributed by atoms with Crippen molar-refractivity contribution >= 4 is 11.6 Å². The lowest BCUT2D eigenvalue weighted by Gasteiger charge is -2.17. The van der Waals surface area contributed by atoms with E-state index in [0.29, 0.717) is 5.56 Å². The van der Waals surface area contributed by atoms with Crippen LogP contribution in [0.25, 0.3) is 0 Å². The molecule has 0 saturated heterocycles. The molecule has 2 aromatic rings. The fourth-order valence-corrected chi connectivity index (χ4v) is 1.95. The molecule has 0 fully saturated rings. The van der Waals surface area contributed by atoms with Gasteiger partial charge in [-0.05, 0) is 23.8 Å². The van der Waals surface area contributed by atoms with Gasteiger partial charge in [-0.25, -0.2) is 4.39 Å². The van der Waals surface area contributed by atoms with Crippen molar-refractivity contribution in [1.29, 1.82) is 0 Å². The number of rotatable bonds is 4. The Hall–Kier alpha value is -2.76. The third-order valence-corrected chi connectivity index (χ3v) is 2.96. The second-order valence-electron chi connectivity index (χ2n) is 4.60. The monoisotopic (exact) mass is 288 g/mol. The lowest BCUT2D eigenvalue weighted by molar-refractivity contribution is -0.384. The summed E-state index contributed by atoms with van der Waals surface area (Å²) in [4.78, 5) is 23.8. The lowest BCUT2D eigenvalue weighted by Crippen LogP contribution is -2.26. The number of hydrogen-bond acceptors (Lipinski definition) is 3. The molecular weight excluding hydrogens is 275 g/mol. The van der Waals surface area contributed by atoms with E-state index in [4.69, 9.17) is 0 Å². The number of amides is 1. The van der Waals surface area contributed by atoms with Gasteiger partial charge in [-0.3, -0.25) is 14.9 Å². The molecule has 0 aromatic heterocycles. The molecular formula is C15H13FN2O3. The number of carbonyl (C=O) groups is 1. The predicted octanol–water partition coefficient (Wildman–Crippen LogP) is 3.01. The Morgan fingerprint density at radius 3 is 2.62 bits per heavy atom. The molecule has 0 unspecified atom stereocenters. The average Bonchev–Trinajstić information content (AvgIpc) is 2.46. The lowest BCUT2D eigenvalue weighted by atomic mass is 10.1. The number of halogens is 1. The zero-order valence-electron chi connectivity index (χ0n) is 11.3. The van der Waals surface area contributed by atoms with Crippen LogP contribution in [0.4, 0.5) is 10.1 Å². The number of benzene rings is 2. The Morgan fingerprint density at radius 2 is 1.95 bits per heavy atom. The minimum atomic E-state index is -0.552. The highest BCUT2D eigenvalue weighted by molar-refractivity contribution is 5.94. The van der Waals surface area contributed by atoms with E-state index in [9.17, 15) is 19.3 Å². The highest BCUT2D eigenvalue weighted by Crippen LogP contribution is 2.15. The first-order chi connectivity index (χ1) is 9.97. The second-order valence-corrected chi connectivity index (χ2v) is 4.60. The summed E-state index contributed by atoms with van der Waals surface area (Å²) in [5.74, 6) is -0.730. The van der Waals surface area contributed by atoms with Crippen LogP contribution in [-0.2, 0) is 6.54 Å². The topological polar surface area (TPSA) is 63.5 Å². The number of hydrogen-bond donors (Lipinski definition) is 0. The summed E-state index contributed by atoms with van der Waals surface area (Å²) in [6, 6.07) is 11.5. The van der Waals surface area contributed by atoms with Gasteiger partial charge in [0.1, 0.15) is 5.82 Å². The Morgan fingerprint density at radius 1 is 1.24 bits per heavy atom. The van der Waals surface area contributed by atoms with Crippen LogP contribution in [0.3, 0.4) is 0 Å². The van der Waals surface area contributed by atoms with Crippen LogP contribution in [0.15, 0.2) is 48.5 Å². The summed E-state index contributed by atoms with van der Waals surface area (Å²) in [5, 5.41) is 10.7. The first kappa shape index (κ1) is 14.6. The third-order valence-electron chi connectivity index (χ3n) is 2.96. The zero-order valence-corrected chi connectivity index (χ0v) is 11.3. The second kappa shape index (κ2) is 6.13. The number of nitro benzene ring substituents is 1. The summed E-state index contributed by atoms with van der Waals surface area (Å²) >= 11 is 0. The number of nitrogens with zero attached hydrogens (tertiary/aromatic N) is 2. The van der Waals surface area contributed by atoms with Crippen LogP contribution in [0, 0.1) is 15.9 Å². The molecule has 0 saturated carbocycles. The largest absolute Gasteiger partial charge is 0.337 e. The highest BCUT2D eigenvalue weighted by atomic mass is 19.1. The molecule has 5 nitrogen and oxygen atoms in total. The van der Waals surface area contributed by atoms with E-state index in [-0.39, 0.29) is 29.5 Å². The summed E-state index contributed by atoms with van der Waals surface area (Å²) in [6.07, 6.45) is 0. The normalized spacial score (nSPS) is 10.2. The molecule has 0 heterocycles. The van der Waals surface area contributed by atoms with Crippen molar-refractivity contribution in [3.63, 3.8) is 0 Å². The van der Waals surface area contributed by atoms with E-state index in [0.717, 1.165) is 0 Å². The van der Waals surface area contributed by atoms with Gasteiger partial charge in [0.2, 0.25) is 0 Å². The van der Waals surface area contributed by atoms with Crippen molar-refractivity contribution in [1.82, 2.24) is 4.90 Å². The van der Waals surface area contributed by atoms with E-state index < -0.39 is 4.92 Å². The molecule has 0 radical (unpaired) electrons. The van der Waals surface area contributed by atoms with Crippen molar-refractivity contribution < 1.29 is 14.1 Å². The van der Waals surface area contributed by atoms with Gasteiger partial charge in [-0.2, -0.15) is 0 Å². The highest BCUT2D eigenvalue weighted by Gasteiger charge is 2.15. The van der Waals surface area contributed by atoms with Gasteiger partial charge in [0, 0.05) is 31.3 Å². The van der Waals surface area contributed by atoms with Crippen molar-refractivity contribution in [2.75, 3.05) is 7.05 Å². The van der Waals surface area contributed by atoms with E-state index in [1.165, 1.54) is 41.3 Å². The molecule has 21 heavy (non-hydrogen) atoms. The van der Waals surface area contributed by atoms with Gasteiger partial charge in [0.25, 0.3) is 11.6 Å². The van der Waals surface area contributed by atoms with Gasteiger partial charge in [-0.1, -0.05) is 18.2 Å².